The molecule has 0 aromatic carbocycles. The second kappa shape index (κ2) is 7.01. The topological polar surface area (TPSA) is 96.9 Å². The molecule has 2 amide bonds. The van der Waals surface area contributed by atoms with E-state index in [1.165, 1.54) is 18.6 Å². The van der Waals surface area contributed by atoms with Crippen LogP contribution < -0.4 is 10.6 Å². The Balaban J connectivity index is 1.38. The van der Waals surface area contributed by atoms with Gasteiger partial charge in [-0.15, -0.1) is 0 Å². The van der Waals surface area contributed by atoms with Crippen molar-refractivity contribution in [3.05, 3.63) is 52.8 Å². The molecule has 4 aliphatic rings. The molecule has 0 aliphatic heterocycles. The van der Waals surface area contributed by atoms with Crippen molar-refractivity contribution < 1.29 is 9.59 Å². The number of hydrogen-bond donors (Lipinski definition) is 2. The van der Waals surface area contributed by atoms with Crippen molar-refractivity contribution in [1.82, 2.24) is 25.6 Å². The zero-order chi connectivity index (χ0) is 20.9. The third-order valence-corrected chi connectivity index (χ3v) is 6.98. The van der Waals surface area contributed by atoms with Gasteiger partial charge < -0.3 is 10.6 Å². The number of nitrogens with zero attached hydrogens (tertiary/aromatic N) is 3. The van der Waals surface area contributed by atoms with Gasteiger partial charge in [0.15, 0.2) is 0 Å². The number of carbonyl (C=O) groups excluding carboxylic acids is 2. The van der Waals surface area contributed by atoms with Crippen molar-refractivity contribution in [3.63, 3.8) is 0 Å². The molecule has 8 heteroatoms. The minimum absolute atomic E-state index is 0.155. The number of halogens is 1. The molecular weight excluding hydrogens is 402 g/mol. The van der Waals surface area contributed by atoms with Crippen molar-refractivity contribution in [2.24, 2.45) is 11.8 Å². The number of rotatable bonds is 4. The van der Waals surface area contributed by atoms with Crippen LogP contribution in [0.4, 0.5) is 0 Å². The molecule has 156 valence electrons. The van der Waals surface area contributed by atoms with E-state index in [-0.39, 0.29) is 22.9 Å². The van der Waals surface area contributed by atoms with Gasteiger partial charge in [-0.1, -0.05) is 11.6 Å². The van der Waals surface area contributed by atoms with Crippen LogP contribution in [0.5, 0.6) is 0 Å². The summed E-state index contributed by atoms with van der Waals surface area (Å²) in [6, 6.07) is 1.64. The highest BCUT2D eigenvalue weighted by molar-refractivity contribution is 6.30. The Bertz CT molecular complexity index is 935. The Morgan fingerprint density at radius 2 is 1.60 bits per heavy atom. The van der Waals surface area contributed by atoms with Crippen molar-refractivity contribution in [3.8, 4) is 0 Å². The van der Waals surface area contributed by atoms with Crippen LogP contribution in [0.3, 0.4) is 0 Å². The summed E-state index contributed by atoms with van der Waals surface area (Å²) in [7, 11) is 0. The van der Waals surface area contributed by atoms with Gasteiger partial charge in [0.05, 0.1) is 22.5 Å². The van der Waals surface area contributed by atoms with Crippen LogP contribution in [0, 0.1) is 18.8 Å². The number of carbonyl (C=O) groups is 2. The average Bonchev–Trinajstić information content (AvgIpc) is 2.66. The zero-order valence-electron chi connectivity index (χ0n) is 16.8. The summed E-state index contributed by atoms with van der Waals surface area (Å²) < 4.78 is 0. The molecule has 2 unspecified atom stereocenters. The lowest BCUT2D eigenvalue weighted by Gasteiger charge is -2.62. The van der Waals surface area contributed by atoms with Crippen molar-refractivity contribution in [2.45, 2.75) is 56.5 Å². The van der Waals surface area contributed by atoms with E-state index in [1.807, 2.05) is 6.92 Å². The fourth-order valence-electron chi connectivity index (χ4n) is 6.28. The number of aromatic nitrogens is 3. The van der Waals surface area contributed by atoms with Gasteiger partial charge in [-0.25, -0.2) is 4.98 Å². The summed E-state index contributed by atoms with van der Waals surface area (Å²) in [6.45, 7) is 1.82. The summed E-state index contributed by atoms with van der Waals surface area (Å²) >= 11 is 6.01. The minimum Gasteiger partial charge on any atom is -0.346 e. The van der Waals surface area contributed by atoms with E-state index in [1.54, 1.807) is 12.3 Å². The number of hydrogen-bond acceptors (Lipinski definition) is 5. The first-order valence-corrected chi connectivity index (χ1v) is 10.8. The molecule has 0 saturated heterocycles. The molecule has 6 rings (SSSR count). The van der Waals surface area contributed by atoms with Gasteiger partial charge in [-0.3, -0.25) is 19.6 Å². The maximum absolute atomic E-state index is 13.0. The minimum atomic E-state index is -0.313. The van der Waals surface area contributed by atoms with Crippen LogP contribution in [0.2, 0.25) is 5.02 Å². The van der Waals surface area contributed by atoms with Crippen LogP contribution in [0.25, 0.3) is 0 Å². The molecule has 2 heterocycles. The monoisotopic (exact) mass is 425 g/mol. The second-order valence-corrected chi connectivity index (χ2v) is 9.80. The normalized spacial score (nSPS) is 31.4. The first-order chi connectivity index (χ1) is 14.3. The van der Waals surface area contributed by atoms with E-state index < -0.39 is 0 Å². The molecule has 30 heavy (non-hydrogen) atoms. The van der Waals surface area contributed by atoms with Gasteiger partial charge in [0.25, 0.3) is 11.8 Å². The molecule has 4 aliphatic carbocycles. The molecule has 0 radical (unpaired) electrons. The van der Waals surface area contributed by atoms with E-state index in [9.17, 15) is 9.59 Å². The summed E-state index contributed by atoms with van der Waals surface area (Å²) in [5.74, 6) is 0.646. The maximum atomic E-state index is 13.0. The van der Waals surface area contributed by atoms with E-state index in [0.29, 0.717) is 33.8 Å². The predicted molar refractivity (Wildman–Crippen MR) is 111 cm³/mol. The summed E-state index contributed by atoms with van der Waals surface area (Å²) in [5.41, 5.74) is 0.897. The average molecular weight is 426 g/mol. The molecule has 0 spiro atoms. The van der Waals surface area contributed by atoms with Crippen LogP contribution >= 0.6 is 11.6 Å². The van der Waals surface area contributed by atoms with E-state index in [2.05, 4.69) is 25.6 Å². The SMILES string of the molecule is Cc1cncc(C(=O)NC23CC4CC(CC(NC(=O)c5cncc(Cl)c5)(C4)C2)C3)n1. The highest BCUT2D eigenvalue weighted by Gasteiger charge is 2.58. The molecule has 4 fully saturated rings. The summed E-state index contributed by atoms with van der Waals surface area (Å²) in [4.78, 5) is 38.3. The van der Waals surface area contributed by atoms with Crippen molar-refractivity contribution >= 4 is 23.4 Å². The molecule has 2 N–H and O–H groups in total. The number of nitrogens with one attached hydrogen (secondary N) is 2. The third-order valence-electron chi connectivity index (χ3n) is 6.77. The second-order valence-electron chi connectivity index (χ2n) is 9.37. The van der Waals surface area contributed by atoms with Crippen LogP contribution in [0.15, 0.2) is 30.9 Å². The lowest BCUT2D eigenvalue weighted by molar-refractivity contribution is -0.0448. The quantitative estimate of drug-likeness (QED) is 0.784. The molecule has 2 atom stereocenters. The van der Waals surface area contributed by atoms with Gasteiger partial charge in [0, 0.05) is 29.7 Å². The molecule has 4 bridgehead atoms. The molecule has 4 saturated carbocycles. The highest BCUT2D eigenvalue weighted by atomic mass is 35.5. The van der Waals surface area contributed by atoms with Gasteiger partial charge in [-0.2, -0.15) is 0 Å². The third kappa shape index (κ3) is 3.55. The maximum Gasteiger partial charge on any atom is 0.271 e. The van der Waals surface area contributed by atoms with Gasteiger partial charge in [0.2, 0.25) is 0 Å². The fourth-order valence-corrected chi connectivity index (χ4v) is 6.46. The van der Waals surface area contributed by atoms with Gasteiger partial charge in [-0.05, 0) is 63.4 Å². The van der Waals surface area contributed by atoms with Crippen molar-refractivity contribution in [2.75, 3.05) is 0 Å². The molecule has 2 aromatic rings. The van der Waals surface area contributed by atoms with E-state index >= 15 is 0 Å². The lowest BCUT2D eigenvalue weighted by Crippen LogP contribution is -2.69. The van der Waals surface area contributed by atoms with E-state index in [0.717, 1.165) is 38.5 Å². The first-order valence-electron chi connectivity index (χ1n) is 10.4. The Hall–Kier alpha value is -2.54. The predicted octanol–water partition coefficient (Wildman–Crippen LogP) is 3.08. The van der Waals surface area contributed by atoms with Crippen LogP contribution in [-0.2, 0) is 0 Å². The Labute approximate surface area is 180 Å². The number of pyridine rings is 1. The number of amides is 2. The largest absolute Gasteiger partial charge is 0.346 e. The Morgan fingerprint density at radius 3 is 2.23 bits per heavy atom. The molecule has 7 nitrogen and oxygen atoms in total. The van der Waals surface area contributed by atoms with E-state index in [4.69, 9.17) is 11.6 Å². The Kier molecular flexibility index (Phi) is 4.54. The first kappa shape index (κ1) is 19.4. The van der Waals surface area contributed by atoms with Gasteiger partial charge in [0.1, 0.15) is 5.69 Å². The summed E-state index contributed by atoms with van der Waals surface area (Å²) in [5, 5.41) is 7.03. The van der Waals surface area contributed by atoms with Crippen molar-refractivity contribution in [1.29, 1.82) is 0 Å². The van der Waals surface area contributed by atoms with Gasteiger partial charge >= 0.3 is 0 Å². The Morgan fingerprint density at radius 1 is 0.967 bits per heavy atom. The smallest absolute Gasteiger partial charge is 0.271 e. The zero-order valence-corrected chi connectivity index (χ0v) is 17.6. The van der Waals surface area contributed by atoms with Crippen LogP contribution in [0.1, 0.15) is 65.1 Å². The number of aryl methyl sites for hydroxylation is 1. The standard InChI is InChI=1S/C22H24ClN5O2/c1-13-8-24-11-18(26-13)20(30)28-22-6-14-2-15(7-22)5-21(4-14,12-22)27-19(29)16-3-17(23)10-25-9-16/h3,8-11,14-15H,2,4-7,12H2,1H3,(H,27,29)(H,28,30). The molecule has 2 aromatic heterocycles. The summed E-state index contributed by atoms with van der Waals surface area (Å²) in [6.07, 6.45) is 11.9. The fraction of sp³-hybridized carbons (Fsp3) is 0.500. The lowest BCUT2D eigenvalue weighted by atomic mass is 9.49. The van der Waals surface area contributed by atoms with Crippen LogP contribution in [-0.4, -0.2) is 37.8 Å². The molecular formula is C22H24ClN5O2. The highest BCUT2D eigenvalue weighted by Crippen LogP contribution is 2.57.